The van der Waals surface area contributed by atoms with Gasteiger partial charge in [0, 0.05) is 6.04 Å². The van der Waals surface area contributed by atoms with Crippen molar-refractivity contribution < 1.29 is 0 Å². The first-order chi connectivity index (χ1) is 9.08. The van der Waals surface area contributed by atoms with E-state index in [0.717, 1.165) is 16.4 Å². The number of aromatic nitrogens is 2. The standard InChI is InChI=1S/C13H15N3OS2/c1-7(2)16-12-10(13(17)15-16)11(19-8(3)14-12)9-4-5-18-6-9/h4-7,11H,1-3H3,(H,15,17)/t11-/m0/s1. The molecule has 2 aromatic heterocycles. The maximum Gasteiger partial charge on any atom is 0.271 e. The highest BCUT2D eigenvalue weighted by Crippen LogP contribution is 2.44. The molecule has 3 heterocycles. The highest BCUT2D eigenvalue weighted by molar-refractivity contribution is 8.14. The van der Waals surface area contributed by atoms with Crippen LogP contribution in [0, 0.1) is 0 Å². The number of hydrogen-bond donors (Lipinski definition) is 1. The van der Waals surface area contributed by atoms with Gasteiger partial charge >= 0.3 is 0 Å². The average Bonchev–Trinajstić information content (AvgIpc) is 2.96. The van der Waals surface area contributed by atoms with Gasteiger partial charge < -0.3 is 0 Å². The fraction of sp³-hybridized carbons (Fsp3) is 0.385. The molecule has 0 saturated heterocycles. The second-order valence-corrected chi connectivity index (χ2v) is 6.91. The third-order valence-electron chi connectivity index (χ3n) is 3.11. The van der Waals surface area contributed by atoms with E-state index in [9.17, 15) is 4.79 Å². The number of fused-ring (bicyclic) bond motifs is 1. The van der Waals surface area contributed by atoms with Gasteiger partial charge in [0.25, 0.3) is 5.56 Å². The van der Waals surface area contributed by atoms with Crippen LogP contribution < -0.4 is 5.56 Å². The Kier molecular flexibility index (Phi) is 3.14. The van der Waals surface area contributed by atoms with Crippen molar-refractivity contribution in [3.05, 3.63) is 38.3 Å². The van der Waals surface area contributed by atoms with Gasteiger partial charge in [-0.2, -0.15) is 11.3 Å². The van der Waals surface area contributed by atoms with Crippen LogP contribution in [0.3, 0.4) is 0 Å². The quantitative estimate of drug-likeness (QED) is 0.917. The Balaban J connectivity index is 2.22. The van der Waals surface area contributed by atoms with Gasteiger partial charge in [-0.05, 0) is 43.2 Å². The molecule has 0 bridgehead atoms. The molecule has 1 aliphatic rings. The topological polar surface area (TPSA) is 50.1 Å². The van der Waals surface area contributed by atoms with Crippen molar-refractivity contribution >= 4 is 34.0 Å². The zero-order valence-electron chi connectivity index (χ0n) is 11.0. The van der Waals surface area contributed by atoms with Crippen LogP contribution in [-0.4, -0.2) is 14.8 Å². The largest absolute Gasteiger partial charge is 0.271 e. The summed E-state index contributed by atoms with van der Waals surface area (Å²) in [6.45, 7) is 6.08. The Labute approximate surface area is 119 Å². The zero-order chi connectivity index (χ0) is 13.6. The third-order valence-corrected chi connectivity index (χ3v) is 4.99. The molecule has 0 saturated carbocycles. The van der Waals surface area contributed by atoms with E-state index in [2.05, 4.69) is 21.5 Å². The Hall–Kier alpha value is -1.27. The maximum absolute atomic E-state index is 12.2. The van der Waals surface area contributed by atoms with E-state index in [1.807, 2.05) is 30.8 Å². The third kappa shape index (κ3) is 2.08. The minimum absolute atomic E-state index is 0.0244. The molecule has 0 aliphatic carbocycles. The van der Waals surface area contributed by atoms with Gasteiger partial charge in [-0.25, -0.2) is 4.99 Å². The van der Waals surface area contributed by atoms with E-state index in [1.165, 1.54) is 5.56 Å². The lowest BCUT2D eigenvalue weighted by molar-refractivity contribution is 0.533. The lowest BCUT2D eigenvalue weighted by Gasteiger charge is -2.20. The number of hydrogen-bond acceptors (Lipinski definition) is 4. The summed E-state index contributed by atoms with van der Waals surface area (Å²) in [6.07, 6.45) is 0. The van der Waals surface area contributed by atoms with E-state index >= 15 is 0 Å². The molecule has 0 unspecified atom stereocenters. The van der Waals surface area contributed by atoms with E-state index in [-0.39, 0.29) is 16.9 Å². The molecule has 0 aromatic carbocycles. The number of aromatic amines is 1. The van der Waals surface area contributed by atoms with Gasteiger partial charge in [-0.15, -0.1) is 0 Å². The van der Waals surface area contributed by atoms with Gasteiger partial charge in [0.15, 0.2) is 5.82 Å². The van der Waals surface area contributed by atoms with Crippen LogP contribution in [0.15, 0.2) is 26.6 Å². The van der Waals surface area contributed by atoms with E-state index in [4.69, 9.17) is 0 Å². The highest BCUT2D eigenvalue weighted by Gasteiger charge is 2.30. The molecule has 6 heteroatoms. The predicted molar refractivity (Wildman–Crippen MR) is 82.0 cm³/mol. The van der Waals surface area contributed by atoms with Gasteiger partial charge in [0.1, 0.15) is 0 Å². The normalized spacial score (nSPS) is 18.5. The summed E-state index contributed by atoms with van der Waals surface area (Å²) in [5, 5.41) is 8.12. The van der Waals surface area contributed by atoms with Crippen LogP contribution in [0.1, 0.15) is 43.2 Å². The molecule has 1 N–H and O–H groups in total. The summed E-state index contributed by atoms with van der Waals surface area (Å²) < 4.78 is 1.86. The van der Waals surface area contributed by atoms with E-state index < -0.39 is 0 Å². The second-order valence-electron chi connectivity index (χ2n) is 4.83. The highest BCUT2D eigenvalue weighted by atomic mass is 32.2. The number of rotatable bonds is 2. The molecular formula is C13H15N3OS2. The fourth-order valence-electron chi connectivity index (χ4n) is 2.24. The van der Waals surface area contributed by atoms with Gasteiger partial charge in [0.05, 0.1) is 15.9 Å². The number of H-pyrrole nitrogens is 1. The summed E-state index contributed by atoms with van der Waals surface area (Å²) in [4.78, 5) is 16.8. The van der Waals surface area contributed by atoms with Crippen molar-refractivity contribution in [3.63, 3.8) is 0 Å². The Morgan fingerprint density at radius 3 is 2.89 bits per heavy atom. The summed E-state index contributed by atoms with van der Waals surface area (Å²) in [5.41, 5.74) is 1.93. The minimum atomic E-state index is -0.0244. The number of nitrogens with one attached hydrogen (secondary N) is 1. The Morgan fingerprint density at radius 2 is 2.26 bits per heavy atom. The van der Waals surface area contributed by atoms with E-state index in [0.29, 0.717) is 0 Å². The summed E-state index contributed by atoms with van der Waals surface area (Å²) >= 11 is 3.31. The van der Waals surface area contributed by atoms with Crippen LogP contribution in [0.4, 0.5) is 5.82 Å². The molecular weight excluding hydrogens is 278 g/mol. The first-order valence-electron chi connectivity index (χ1n) is 6.16. The summed E-state index contributed by atoms with van der Waals surface area (Å²) in [6, 6.07) is 2.27. The number of thiophene rings is 1. The van der Waals surface area contributed by atoms with Gasteiger partial charge in [0.2, 0.25) is 0 Å². The molecule has 1 atom stereocenters. The minimum Gasteiger partial charge on any atom is -0.268 e. The molecule has 3 rings (SSSR count). The number of nitrogens with zero attached hydrogens (tertiary/aromatic N) is 2. The van der Waals surface area contributed by atoms with Crippen LogP contribution in [0.2, 0.25) is 0 Å². The SMILES string of the molecule is CC1=Nc2c(c(=O)[nH]n2C(C)C)[C@H](c2ccsc2)S1. The van der Waals surface area contributed by atoms with Crippen LogP contribution in [-0.2, 0) is 0 Å². The van der Waals surface area contributed by atoms with Gasteiger partial charge in [-0.1, -0.05) is 11.8 Å². The van der Waals surface area contributed by atoms with E-state index in [1.54, 1.807) is 23.1 Å². The molecule has 4 nitrogen and oxygen atoms in total. The van der Waals surface area contributed by atoms with Crippen molar-refractivity contribution in [2.75, 3.05) is 0 Å². The van der Waals surface area contributed by atoms with Crippen molar-refractivity contribution in [1.82, 2.24) is 9.78 Å². The Morgan fingerprint density at radius 1 is 1.47 bits per heavy atom. The second kappa shape index (κ2) is 4.68. The first kappa shape index (κ1) is 12.7. The lowest BCUT2D eigenvalue weighted by Crippen LogP contribution is -2.13. The smallest absolute Gasteiger partial charge is 0.268 e. The molecule has 0 radical (unpaired) electrons. The molecule has 2 aromatic rings. The first-order valence-corrected chi connectivity index (χ1v) is 7.98. The van der Waals surface area contributed by atoms with Crippen LogP contribution >= 0.6 is 23.1 Å². The fourth-order valence-corrected chi connectivity index (χ4v) is 4.11. The molecule has 1 aliphatic heterocycles. The molecule has 0 fully saturated rings. The molecule has 0 amide bonds. The zero-order valence-corrected chi connectivity index (χ0v) is 12.6. The lowest BCUT2D eigenvalue weighted by atomic mass is 10.1. The van der Waals surface area contributed by atoms with Crippen LogP contribution in [0.5, 0.6) is 0 Å². The number of aliphatic imine (C=N–C) groups is 1. The Bertz CT molecular complexity index is 679. The van der Waals surface area contributed by atoms with Crippen molar-refractivity contribution in [3.8, 4) is 0 Å². The van der Waals surface area contributed by atoms with Crippen molar-refractivity contribution in [2.45, 2.75) is 32.1 Å². The van der Waals surface area contributed by atoms with Crippen molar-refractivity contribution in [2.24, 2.45) is 4.99 Å². The summed E-state index contributed by atoms with van der Waals surface area (Å²) in [5.74, 6) is 0.785. The predicted octanol–water partition coefficient (Wildman–Crippen LogP) is 3.70. The molecule has 19 heavy (non-hydrogen) atoms. The average molecular weight is 293 g/mol. The maximum atomic E-state index is 12.2. The number of thioether (sulfide) groups is 1. The molecule has 100 valence electrons. The summed E-state index contributed by atoms with van der Waals surface area (Å²) in [7, 11) is 0. The van der Waals surface area contributed by atoms with Gasteiger partial charge in [-0.3, -0.25) is 14.6 Å². The monoisotopic (exact) mass is 293 g/mol. The molecule has 0 spiro atoms. The van der Waals surface area contributed by atoms with Crippen molar-refractivity contribution in [1.29, 1.82) is 0 Å². The van der Waals surface area contributed by atoms with Crippen LogP contribution in [0.25, 0.3) is 0 Å².